The first kappa shape index (κ1) is 35.0. The van der Waals surface area contributed by atoms with Crippen molar-refractivity contribution in [2.75, 3.05) is 30.8 Å². The number of hydrogen-bond acceptors (Lipinski definition) is 9. The number of anilines is 2. The van der Waals surface area contributed by atoms with Gasteiger partial charge in [0.15, 0.2) is 11.5 Å². The van der Waals surface area contributed by atoms with Crippen LogP contribution in [0.3, 0.4) is 0 Å². The zero-order valence-corrected chi connectivity index (χ0v) is 28.3. The van der Waals surface area contributed by atoms with Gasteiger partial charge in [-0.05, 0) is 81.3 Å². The van der Waals surface area contributed by atoms with E-state index in [1.807, 2.05) is 45.0 Å². The molecule has 1 saturated heterocycles. The van der Waals surface area contributed by atoms with Crippen molar-refractivity contribution in [3.8, 4) is 17.2 Å². The lowest BCUT2D eigenvalue weighted by atomic mass is 10.2. The number of likely N-dealkylation sites (tertiary alicyclic amines) is 1. The lowest BCUT2D eigenvalue weighted by Gasteiger charge is -2.24. The Morgan fingerprint density at radius 3 is 2.33 bits per heavy atom. The normalized spacial score (nSPS) is 14.7. The van der Waals surface area contributed by atoms with Crippen LogP contribution in [0.1, 0.15) is 48.7 Å². The SMILES string of the molecule is COc1ccc(Cn2nc(N[C@@H]3CCN(C(=O)OC(C)(C)C)C3)c3c(Oc4ccc(C(=O)Nc5cc(C(F)(F)F)ccn5)cc4)ccnc32)cc1. The van der Waals surface area contributed by atoms with Gasteiger partial charge in [-0.15, -0.1) is 0 Å². The van der Waals surface area contributed by atoms with E-state index in [2.05, 4.69) is 20.6 Å². The number of hydrogen-bond donors (Lipinski definition) is 2. The van der Waals surface area contributed by atoms with Crippen LogP contribution in [0.15, 0.2) is 79.1 Å². The van der Waals surface area contributed by atoms with Crippen LogP contribution < -0.4 is 20.1 Å². The first-order valence-corrected chi connectivity index (χ1v) is 16.1. The van der Waals surface area contributed by atoms with Crippen LogP contribution in [0.4, 0.5) is 29.6 Å². The molecule has 1 aliphatic heterocycles. The topological polar surface area (TPSA) is 133 Å². The van der Waals surface area contributed by atoms with E-state index in [0.29, 0.717) is 54.4 Å². The predicted molar refractivity (Wildman–Crippen MR) is 183 cm³/mol. The van der Waals surface area contributed by atoms with Crippen molar-refractivity contribution in [3.05, 3.63) is 95.8 Å². The van der Waals surface area contributed by atoms with E-state index in [4.69, 9.17) is 19.3 Å². The Morgan fingerprint density at radius 2 is 1.65 bits per heavy atom. The Morgan fingerprint density at radius 1 is 0.941 bits per heavy atom. The molecular weight excluding hydrogens is 667 g/mol. The Bertz CT molecular complexity index is 2030. The van der Waals surface area contributed by atoms with Crippen LogP contribution >= 0.6 is 0 Å². The Balaban J connectivity index is 1.24. The fraction of sp³-hybridized carbons (Fsp3) is 0.306. The van der Waals surface area contributed by atoms with E-state index < -0.39 is 23.2 Å². The molecule has 15 heteroatoms. The number of halogens is 3. The molecule has 0 bridgehead atoms. The first-order chi connectivity index (χ1) is 24.3. The third-order valence-electron chi connectivity index (χ3n) is 7.94. The number of nitrogens with one attached hydrogen (secondary N) is 2. The van der Waals surface area contributed by atoms with Crippen LogP contribution in [0.5, 0.6) is 17.2 Å². The molecular formula is C36H36F3N7O5. The number of benzene rings is 2. The summed E-state index contributed by atoms with van der Waals surface area (Å²) in [5.41, 5.74) is 0.170. The number of rotatable bonds is 9. The quantitative estimate of drug-likeness (QED) is 0.162. The van der Waals surface area contributed by atoms with Gasteiger partial charge in [-0.3, -0.25) is 4.79 Å². The molecule has 2 N–H and O–H groups in total. The van der Waals surface area contributed by atoms with Crippen LogP contribution in [-0.2, 0) is 17.5 Å². The second-order valence-electron chi connectivity index (χ2n) is 12.9. The molecule has 0 spiro atoms. The van der Waals surface area contributed by atoms with E-state index in [9.17, 15) is 22.8 Å². The molecule has 2 amide bonds. The maximum atomic E-state index is 13.1. The van der Waals surface area contributed by atoms with Crippen molar-refractivity contribution >= 4 is 34.7 Å². The Kier molecular flexibility index (Phi) is 9.72. The summed E-state index contributed by atoms with van der Waals surface area (Å²) in [6.45, 7) is 6.81. The highest BCUT2D eigenvalue weighted by Crippen LogP contribution is 2.36. The molecule has 2 aromatic carbocycles. The molecule has 4 heterocycles. The van der Waals surface area contributed by atoms with Gasteiger partial charge in [0, 0.05) is 43.2 Å². The molecule has 266 valence electrons. The highest BCUT2D eigenvalue weighted by Gasteiger charge is 2.32. The van der Waals surface area contributed by atoms with Crippen LogP contribution in [0.25, 0.3) is 11.0 Å². The Hall–Kier alpha value is -5.86. The predicted octanol–water partition coefficient (Wildman–Crippen LogP) is 7.37. The minimum Gasteiger partial charge on any atom is -0.497 e. The van der Waals surface area contributed by atoms with Gasteiger partial charge in [0.2, 0.25) is 0 Å². The van der Waals surface area contributed by atoms with Crippen LogP contribution in [0, 0.1) is 0 Å². The number of carbonyl (C=O) groups excluding carboxylic acids is 2. The second-order valence-corrected chi connectivity index (χ2v) is 12.9. The van der Waals surface area contributed by atoms with Gasteiger partial charge in [-0.1, -0.05) is 12.1 Å². The monoisotopic (exact) mass is 703 g/mol. The molecule has 1 atom stereocenters. The highest BCUT2D eigenvalue weighted by atomic mass is 19.4. The summed E-state index contributed by atoms with van der Waals surface area (Å²) in [5.74, 6) is 1.22. The summed E-state index contributed by atoms with van der Waals surface area (Å²) < 4.78 is 58.2. The van der Waals surface area contributed by atoms with Gasteiger partial charge >= 0.3 is 12.3 Å². The van der Waals surface area contributed by atoms with E-state index in [1.54, 1.807) is 41.1 Å². The van der Waals surface area contributed by atoms with E-state index in [-0.39, 0.29) is 23.5 Å². The zero-order chi connectivity index (χ0) is 36.3. The van der Waals surface area contributed by atoms with Crippen molar-refractivity contribution in [2.45, 2.75) is 51.6 Å². The van der Waals surface area contributed by atoms with E-state index in [0.717, 1.165) is 29.6 Å². The number of alkyl halides is 3. The summed E-state index contributed by atoms with van der Waals surface area (Å²) in [5, 5.41) is 11.4. The molecule has 0 aliphatic carbocycles. The molecule has 0 saturated carbocycles. The average Bonchev–Trinajstić information content (AvgIpc) is 3.70. The zero-order valence-electron chi connectivity index (χ0n) is 28.3. The van der Waals surface area contributed by atoms with Gasteiger partial charge in [-0.2, -0.15) is 18.3 Å². The van der Waals surface area contributed by atoms with E-state index in [1.165, 1.54) is 12.1 Å². The molecule has 3 aromatic heterocycles. The molecule has 1 aliphatic rings. The minimum absolute atomic E-state index is 0.123. The molecule has 0 radical (unpaired) electrons. The van der Waals surface area contributed by atoms with Gasteiger partial charge < -0.3 is 29.7 Å². The fourth-order valence-electron chi connectivity index (χ4n) is 5.50. The standard InChI is InChI=1S/C36H36F3N7O5/c1-35(2,3)51-34(48)45-18-15-25(21-45)42-31-30-28(14-17-41-32(30)46(44-31)20-22-5-9-26(49-4)10-6-22)50-27-11-7-23(8-12-27)33(47)43-29-19-24(13-16-40-29)36(37,38)39/h5-14,16-17,19,25H,15,18,20-21H2,1-4H3,(H,42,44)(H,40,43,47)/t25-/m1/s1. The second kappa shape index (κ2) is 14.2. The summed E-state index contributed by atoms with van der Waals surface area (Å²) in [6, 6.07) is 16.9. The van der Waals surface area contributed by atoms with Gasteiger partial charge in [0.05, 0.1) is 19.2 Å². The summed E-state index contributed by atoms with van der Waals surface area (Å²) >= 11 is 0. The largest absolute Gasteiger partial charge is 0.497 e. The molecule has 6 rings (SSSR count). The minimum atomic E-state index is -4.57. The lowest BCUT2D eigenvalue weighted by Crippen LogP contribution is -2.36. The number of carbonyl (C=O) groups is 2. The van der Waals surface area contributed by atoms with Crippen molar-refractivity contribution in [1.82, 2.24) is 24.6 Å². The van der Waals surface area contributed by atoms with Crippen molar-refractivity contribution < 1.29 is 37.0 Å². The number of ether oxygens (including phenoxy) is 3. The molecule has 5 aromatic rings. The van der Waals surface area contributed by atoms with Gasteiger partial charge in [0.1, 0.15) is 34.1 Å². The van der Waals surface area contributed by atoms with Crippen molar-refractivity contribution in [1.29, 1.82) is 0 Å². The molecule has 0 unspecified atom stereocenters. The maximum absolute atomic E-state index is 13.1. The van der Waals surface area contributed by atoms with Gasteiger partial charge in [-0.25, -0.2) is 19.4 Å². The van der Waals surface area contributed by atoms with Gasteiger partial charge in [0.25, 0.3) is 5.91 Å². The number of nitrogens with zero attached hydrogens (tertiary/aromatic N) is 5. The number of methoxy groups -OCH3 is 1. The van der Waals surface area contributed by atoms with Crippen molar-refractivity contribution in [2.24, 2.45) is 0 Å². The average molecular weight is 704 g/mol. The number of amides is 2. The lowest BCUT2D eigenvalue weighted by molar-refractivity contribution is -0.137. The first-order valence-electron chi connectivity index (χ1n) is 16.1. The number of pyridine rings is 2. The van der Waals surface area contributed by atoms with E-state index >= 15 is 0 Å². The summed E-state index contributed by atoms with van der Waals surface area (Å²) in [6.07, 6.45) is -1.69. The molecule has 1 fully saturated rings. The summed E-state index contributed by atoms with van der Waals surface area (Å²) in [4.78, 5) is 35.7. The fourth-order valence-corrected chi connectivity index (χ4v) is 5.50. The maximum Gasteiger partial charge on any atom is 0.416 e. The number of fused-ring (bicyclic) bond motifs is 1. The van der Waals surface area contributed by atoms with Crippen molar-refractivity contribution in [3.63, 3.8) is 0 Å². The Labute approximate surface area is 291 Å². The summed E-state index contributed by atoms with van der Waals surface area (Å²) in [7, 11) is 1.60. The third kappa shape index (κ3) is 8.48. The van der Waals surface area contributed by atoms with Crippen LogP contribution in [-0.4, -0.2) is 68.5 Å². The molecule has 51 heavy (non-hydrogen) atoms. The third-order valence-corrected chi connectivity index (χ3v) is 7.94. The molecule has 12 nitrogen and oxygen atoms in total. The number of aromatic nitrogens is 4. The van der Waals surface area contributed by atoms with Crippen LogP contribution in [0.2, 0.25) is 0 Å². The smallest absolute Gasteiger partial charge is 0.416 e. The highest BCUT2D eigenvalue weighted by molar-refractivity contribution is 6.03.